The zero-order valence-corrected chi connectivity index (χ0v) is 25.1. The lowest BCUT2D eigenvalue weighted by Gasteiger charge is -2.35. The van der Waals surface area contributed by atoms with Gasteiger partial charge < -0.3 is 29.5 Å². The predicted molar refractivity (Wildman–Crippen MR) is 172 cm³/mol. The molecule has 2 aromatic heterocycles. The monoisotopic (exact) mass is 571 g/mol. The molecule has 0 radical (unpaired) electrons. The second kappa shape index (κ2) is 12.6. The summed E-state index contributed by atoms with van der Waals surface area (Å²) in [6.45, 7) is 10.2. The van der Waals surface area contributed by atoms with Crippen molar-refractivity contribution in [1.82, 2.24) is 24.8 Å². The molecule has 0 atom stereocenters. The smallest absolute Gasteiger partial charge is 0.229 e. The summed E-state index contributed by atoms with van der Waals surface area (Å²) in [6.07, 6.45) is 9.83. The summed E-state index contributed by atoms with van der Waals surface area (Å²) in [5.74, 6) is 1.82. The first-order chi connectivity index (χ1) is 19.9. The van der Waals surface area contributed by atoms with E-state index in [9.17, 15) is 0 Å². The Hall–Kier alpha value is -4.09. The molecule has 3 heterocycles. The zero-order chi connectivity index (χ0) is 28.9. The van der Waals surface area contributed by atoms with Gasteiger partial charge in [0.05, 0.1) is 29.7 Å². The molecule has 2 aromatic carbocycles. The van der Waals surface area contributed by atoms with Gasteiger partial charge in [0.15, 0.2) is 0 Å². The third-order valence-corrected chi connectivity index (χ3v) is 8.10. The van der Waals surface area contributed by atoms with Gasteiger partial charge in [0, 0.05) is 75.4 Å². The molecule has 1 saturated heterocycles. The number of ether oxygens (including phenoxy) is 1. The third kappa shape index (κ3) is 6.01. The molecule has 0 saturated carbocycles. The van der Waals surface area contributed by atoms with Gasteiger partial charge in [0.25, 0.3) is 0 Å². The lowest BCUT2D eigenvalue weighted by atomic mass is 10.1. The Morgan fingerprint density at radius 3 is 2.56 bits per heavy atom. The lowest BCUT2D eigenvalue weighted by Crippen LogP contribution is -2.44. The van der Waals surface area contributed by atoms with Gasteiger partial charge in [0.2, 0.25) is 5.95 Å². The quantitative estimate of drug-likeness (QED) is 0.233. The normalized spacial score (nSPS) is 13.7. The number of piperazine rings is 1. The van der Waals surface area contributed by atoms with Crippen LogP contribution in [0.2, 0.25) is 0 Å². The highest BCUT2D eigenvalue weighted by atomic mass is 32.2. The Labute approximate surface area is 246 Å². The molecule has 10 nitrogen and oxygen atoms in total. The summed E-state index contributed by atoms with van der Waals surface area (Å²) in [4.78, 5) is 23.3. The van der Waals surface area contributed by atoms with Crippen LogP contribution >= 0.6 is 11.9 Å². The van der Waals surface area contributed by atoms with Crippen molar-refractivity contribution in [2.45, 2.75) is 13.3 Å². The summed E-state index contributed by atoms with van der Waals surface area (Å²) in [7, 11) is 5.87. The largest absolute Gasteiger partial charge is 0.494 e. The molecule has 1 aliphatic heterocycles. The van der Waals surface area contributed by atoms with Crippen LogP contribution in [0.3, 0.4) is 0 Å². The van der Waals surface area contributed by atoms with Gasteiger partial charge in [-0.1, -0.05) is 31.5 Å². The van der Waals surface area contributed by atoms with E-state index in [-0.39, 0.29) is 0 Å². The molecule has 0 spiro atoms. The maximum Gasteiger partial charge on any atom is 0.229 e. The lowest BCUT2D eigenvalue weighted by molar-refractivity contribution is 0.312. The van der Waals surface area contributed by atoms with Gasteiger partial charge in [0.1, 0.15) is 17.1 Å². The number of benzene rings is 2. The van der Waals surface area contributed by atoms with Crippen molar-refractivity contribution in [2.24, 2.45) is 0 Å². The van der Waals surface area contributed by atoms with Gasteiger partial charge in [-0.3, -0.25) is 9.97 Å². The van der Waals surface area contributed by atoms with Crippen LogP contribution in [0.1, 0.15) is 18.1 Å². The molecule has 0 amide bonds. The second-order valence-electron chi connectivity index (χ2n) is 9.84. The van der Waals surface area contributed by atoms with Gasteiger partial charge in [-0.25, -0.2) is 4.98 Å². The van der Waals surface area contributed by atoms with E-state index in [1.165, 1.54) is 11.3 Å². The Morgan fingerprint density at radius 2 is 1.85 bits per heavy atom. The van der Waals surface area contributed by atoms with Crippen LogP contribution in [0.25, 0.3) is 17.1 Å². The van der Waals surface area contributed by atoms with Crippen molar-refractivity contribution in [3.05, 3.63) is 60.6 Å². The predicted octanol–water partition coefficient (Wildman–Crippen LogP) is 5.59. The van der Waals surface area contributed by atoms with Crippen molar-refractivity contribution < 1.29 is 4.74 Å². The maximum absolute atomic E-state index is 5.83. The number of likely N-dealkylation sites (N-methyl/N-ethyl adjacent to an activating group) is 1. The number of methoxy groups -OCH3 is 1. The van der Waals surface area contributed by atoms with Crippen LogP contribution in [-0.4, -0.2) is 78.5 Å². The molecular weight excluding hydrogens is 534 g/mol. The topological polar surface area (TPSA) is 94.6 Å². The third-order valence-electron chi connectivity index (χ3n) is 7.36. The van der Waals surface area contributed by atoms with E-state index in [1.807, 2.05) is 25.4 Å². The number of fused-ring (bicyclic) bond motifs is 1. The van der Waals surface area contributed by atoms with E-state index >= 15 is 0 Å². The van der Waals surface area contributed by atoms with E-state index in [2.05, 4.69) is 72.4 Å². The van der Waals surface area contributed by atoms with Crippen LogP contribution < -0.4 is 24.6 Å². The first-order valence-electron chi connectivity index (χ1n) is 13.6. The molecular formula is C30H37N9OS. The van der Waals surface area contributed by atoms with Crippen LogP contribution in [0, 0.1) is 0 Å². The molecule has 5 rings (SSSR count). The number of hydrogen-bond donors (Lipinski definition) is 2. The number of aromatic nitrogens is 4. The van der Waals surface area contributed by atoms with Crippen molar-refractivity contribution in [1.29, 1.82) is 0 Å². The minimum Gasteiger partial charge on any atom is -0.494 e. The molecule has 0 bridgehead atoms. The van der Waals surface area contributed by atoms with Crippen molar-refractivity contribution >= 4 is 63.6 Å². The number of rotatable bonds is 10. The molecule has 1 fully saturated rings. The van der Waals surface area contributed by atoms with Crippen molar-refractivity contribution in [3.8, 4) is 5.75 Å². The Balaban J connectivity index is 1.49. The average molecular weight is 572 g/mol. The summed E-state index contributed by atoms with van der Waals surface area (Å²) in [5, 5.41) is 6.91. The highest BCUT2D eigenvalue weighted by Gasteiger charge is 2.20. The number of nitrogens with one attached hydrogen (secondary N) is 2. The van der Waals surface area contributed by atoms with Gasteiger partial charge >= 0.3 is 0 Å². The standard InChI is InChI=1S/C30H37N9OS/c1-7-20-17-24(26(40-5)18-25(20)39-15-13-37(3)14-16-39)35-30-33-19-21(8-2)29(36-30)34-23-10-9-22-27(32-12-11-31-22)28(23)38(4)41-6/h8-12,17-19H,2,7,13-16H2,1,3-6H3,(H2,33,34,35,36). The van der Waals surface area contributed by atoms with Crippen LogP contribution in [0.5, 0.6) is 5.75 Å². The summed E-state index contributed by atoms with van der Waals surface area (Å²) in [5.41, 5.74) is 7.47. The fourth-order valence-corrected chi connectivity index (χ4v) is 5.35. The average Bonchev–Trinajstić information content (AvgIpc) is 3.01. The van der Waals surface area contributed by atoms with Gasteiger partial charge in [-0.05, 0) is 37.2 Å². The fraction of sp³-hybridized carbons (Fsp3) is 0.333. The summed E-state index contributed by atoms with van der Waals surface area (Å²) >= 11 is 1.59. The molecule has 2 N–H and O–H groups in total. The van der Waals surface area contributed by atoms with E-state index in [0.717, 1.165) is 72.0 Å². The SMILES string of the molecule is C=Cc1cnc(Nc2cc(CC)c(N3CCN(C)CC3)cc2OC)nc1Nc1ccc2nccnc2c1N(C)SC. The highest BCUT2D eigenvalue weighted by molar-refractivity contribution is 7.99. The number of hydrogen-bond acceptors (Lipinski definition) is 11. The van der Waals surface area contributed by atoms with E-state index in [4.69, 9.17) is 9.72 Å². The van der Waals surface area contributed by atoms with E-state index in [0.29, 0.717) is 11.8 Å². The first kappa shape index (κ1) is 28.4. The van der Waals surface area contributed by atoms with Gasteiger partial charge in [-0.15, -0.1) is 0 Å². The minimum absolute atomic E-state index is 0.450. The van der Waals surface area contributed by atoms with E-state index in [1.54, 1.807) is 43.7 Å². The number of nitrogens with zero attached hydrogens (tertiary/aromatic N) is 7. The van der Waals surface area contributed by atoms with Crippen LogP contribution in [-0.2, 0) is 6.42 Å². The minimum atomic E-state index is 0.450. The molecule has 0 aliphatic carbocycles. The van der Waals surface area contributed by atoms with Crippen molar-refractivity contribution in [3.63, 3.8) is 0 Å². The summed E-state index contributed by atoms with van der Waals surface area (Å²) in [6, 6.07) is 8.23. The highest BCUT2D eigenvalue weighted by Crippen LogP contribution is 2.38. The van der Waals surface area contributed by atoms with Crippen LogP contribution in [0.15, 0.2) is 49.4 Å². The van der Waals surface area contributed by atoms with Crippen LogP contribution in [0.4, 0.5) is 34.5 Å². The first-order valence-corrected chi connectivity index (χ1v) is 14.8. The molecule has 214 valence electrons. The number of anilines is 6. The van der Waals surface area contributed by atoms with E-state index < -0.39 is 0 Å². The Morgan fingerprint density at radius 1 is 1.07 bits per heavy atom. The van der Waals surface area contributed by atoms with Gasteiger partial charge in [-0.2, -0.15) is 4.98 Å². The molecule has 4 aromatic rings. The number of aryl methyl sites for hydroxylation is 1. The maximum atomic E-state index is 5.83. The molecule has 1 aliphatic rings. The molecule has 0 unspecified atom stereocenters. The van der Waals surface area contributed by atoms with Crippen molar-refractivity contribution in [2.75, 3.05) is 73.5 Å². The zero-order valence-electron chi connectivity index (χ0n) is 24.3. The fourth-order valence-electron chi connectivity index (χ4n) is 4.99. The molecule has 41 heavy (non-hydrogen) atoms. The Bertz CT molecular complexity index is 1540. The summed E-state index contributed by atoms with van der Waals surface area (Å²) < 4.78 is 7.89. The molecule has 11 heteroatoms. The Kier molecular flexibility index (Phi) is 8.75. The second-order valence-corrected chi connectivity index (χ2v) is 10.8.